The summed E-state index contributed by atoms with van der Waals surface area (Å²) in [5, 5.41) is 2.82. The Hall–Kier alpha value is -1.08. The number of halogens is 1. The first-order valence-corrected chi connectivity index (χ1v) is 9.59. The molecule has 2 atom stereocenters. The number of rotatable bonds is 5. The van der Waals surface area contributed by atoms with Crippen molar-refractivity contribution in [3.8, 4) is 0 Å². The van der Waals surface area contributed by atoms with Gasteiger partial charge in [0.05, 0.1) is 17.3 Å². The molecule has 1 aliphatic rings. The Labute approximate surface area is 128 Å². The molecule has 1 aromatic rings. The third-order valence-corrected chi connectivity index (χ3v) is 6.37. The fourth-order valence-electron chi connectivity index (χ4n) is 2.21. The summed E-state index contributed by atoms with van der Waals surface area (Å²) in [5.74, 6) is 0.00972. The van der Waals surface area contributed by atoms with E-state index >= 15 is 0 Å². The lowest BCUT2D eigenvalue weighted by molar-refractivity contribution is -0.119. The van der Waals surface area contributed by atoms with Crippen molar-refractivity contribution in [2.24, 2.45) is 0 Å². The summed E-state index contributed by atoms with van der Waals surface area (Å²) >= 11 is 1.44. The van der Waals surface area contributed by atoms with Crippen molar-refractivity contribution in [1.82, 2.24) is 5.32 Å². The lowest BCUT2D eigenvalue weighted by atomic mass is 10.2. The molecule has 1 aliphatic heterocycles. The van der Waals surface area contributed by atoms with Gasteiger partial charge in [-0.05, 0) is 31.0 Å². The van der Waals surface area contributed by atoms with Gasteiger partial charge in [-0.2, -0.15) is 0 Å². The molecular formula is C14H18FNO3S2. The second kappa shape index (κ2) is 6.79. The average Bonchev–Trinajstić information content (AvgIpc) is 2.76. The molecule has 0 aliphatic carbocycles. The Balaban J connectivity index is 1.77. The summed E-state index contributed by atoms with van der Waals surface area (Å²) in [5.41, 5.74) is 0.956. The molecule has 0 aromatic heterocycles. The Bertz CT molecular complexity index is 601. The van der Waals surface area contributed by atoms with E-state index < -0.39 is 9.84 Å². The van der Waals surface area contributed by atoms with Gasteiger partial charge in [0.25, 0.3) is 0 Å². The van der Waals surface area contributed by atoms with E-state index in [1.165, 1.54) is 23.9 Å². The van der Waals surface area contributed by atoms with Crippen LogP contribution in [0.25, 0.3) is 0 Å². The topological polar surface area (TPSA) is 63.2 Å². The number of thioether (sulfide) groups is 1. The first kappa shape index (κ1) is 16.3. The Kier molecular flexibility index (Phi) is 5.27. The quantitative estimate of drug-likeness (QED) is 0.895. The number of carbonyl (C=O) groups excluding carboxylic acids is 1. The van der Waals surface area contributed by atoms with Crippen LogP contribution in [0.5, 0.6) is 0 Å². The van der Waals surface area contributed by atoms with Crippen molar-refractivity contribution < 1.29 is 17.6 Å². The van der Waals surface area contributed by atoms with Crippen molar-refractivity contribution in [2.45, 2.75) is 24.6 Å². The second-order valence-corrected chi connectivity index (χ2v) is 8.73. The zero-order valence-electron chi connectivity index (χ0n) is 11.7. The standard InChI is InChI=1S/C14H18FNO3S2/c1-10(11-2-4-12(15)5-3-11)20-8-14(17)16-13-6-7-21(18,19)9-13/h2-5,10,13H,6-9H2,1H3,(H,16,17)/t10-,13+/m0/s1. The average molecular weight is 331 g/mol. The van der Waals surface area contributed by atoms with E-state index in [0.717, 1.165) is 5.56 Å². The number of sulfone groups is 1. The number of carbonyl (C=O) groups is 1. The van der Waals surface area contributed by atoms with Crippen LogP contribution in [0, 0.1) is 5.82 Å². The molecule has 2 rings (SSSR count). The van der Waals surface area contributed by atoms with E-state index in [4.69, 9.17) is 0 Å². The largest absolute Gasteiger partial charge is 0.352 e. The normalized spacial score (nSPS) is 21.9. The molecule has 0 spiro atoms. The highest BCUT2D eigenvalue weighted by molar-refractivity contribution is 8.00. The summed E-state index contributed by atoms with van der Waals surface area (Å²) in [6.07, 6.45) is 0.492. The molecule has 1 aromatic carbocycles. The van der Waals surface area contributed by atoms with Gasteiger partial charge in [-0.25, -0.2) is 12.8 Å². The minimum absolute atomic E-state index is 0.0386. The Morgan fingerprint density at radius 1 is 1.43 bits per heavy atom. The predicted molar refractivity (Wildman–Crippen MR) is 82.5 cm³/mol. The molecule has 21 heavy (non-hydrogen) atoms. The fourth-order valence-corrected chi connectivity index (χ4v) is 4.72. The molecule has 1 fully saturated rings. The van der Waals surface area contributed by atoms with Crippen molar-refractivity contribution in [3.05, 3.63) is 35.6 Å². The highest BCUT2D eigenvalue weighted by atomic mass is 32.2. The minimum atomic E-state index is -2.98. The molecule has 7 heteroatoms. The van der Waals surface area contributed by atoms with Crippen molar-refractivity contribution in [1.29, 1.82) is 0 Å². The number of amides is 1. The van der Waals surface area contributed by atoms with E-state index in [-0.39, 0.29) is 40.3 Å². The highest BCUT2D eigenvalue weighted by Gasteiger charge is 2.28. The van der Waals surface area contributed by atoms with Crippen molar-refractivity contribution >= 4 is 27.5 Å². The minimum Gasteiger partial charge on any atom is -0.352 e. The second-order valence-electron chi connectivity index (χ2n) is 5.17. The van der Waals surface area contributed by atoms with Gasteiger partial charge < -0.3 is 5.32 Å². The lowest BCUT2D eigenvalue weighted by Crippen LogP contribution is -2.36. The molecule has 1 amide bonds. The van der Waals surface area contributed by atoms with Gasteiger partial charge in [0.2, 0.25) is 5.91 Å². The van der Waals surface area contributed by atoms with Crippen LogP contribution in [0.2, 0.25) is 0 Å². The first-order chi connectivity index (χ1) is 9.85. The summed E-state index contributed by atoms with van der Waals surface area (Å²) in [7, 11) is -2.98. The van der Waals surface area contributed by atoms with E-state index in [0.29, 0.717) is 6.42 Å². The van der Waals surface area contributed by atoms with Crippen LogP contribution in [-0.4, -0.2) is 37.6 Å². The van der Waals surface area contributed by atoms with Gasteiger partial charge in [-0.3, -0.25) is 4.79 Å². The smallest absolute Gasteiger partial charge is 0.230 e. The molecule has 0 saturated carbocycles. The van der Waals surface area contributed by atoms with Crippen LogP contribution >= 0.6 is 11.8 Å². The van der Waals surface area contributed by atoms with Crippen molar-refractivity contribution in [2.75, 3.05) is 17.3 Å². The molecule has 116 valence electrons. The maximum absolute atomic E-state index is 12.8. The van der Waals surface area contributed by atoms with Gasteiger partial charge in [-0.15, -0.1) is 11.8 Å². The number of nitrogens with one attached hydrogen (secondary N) is 1. The maximum atomic E-state index is 12.8. The van der Waals surface area contributed by atoms with Crippen LogP contribution in [0.4, 0.5) is 4.39 Å². The highest BCUT2D eigenvalue weighted by Crippen LogP contribution is 2.27. The molecule has 0 radical (unpaired) electrons. The van der Waals surface area contributed by atoms with Crippen LogP contribution in [0.3, 0.4) is 0 Å². The summed E-state index contributed by atoms with van der Waals surface area (Å²) < 4.78 is 35.5. The summed E-state index contributed by atoms with van der Waals surface area (Å²) in [6, 6.07) is 5.94. The van der Waals surface area contributed by atoms with E-state index in [1.807, 2.05) is 6.92 Å². The lowest BCUT2D eigenvalue weighted by Gasteiger charge is -2.14. The monoisotopic (exact) mass is 331 g/mol. The van der Waals surface area contributed by atoms with E-state index in [2.05, 4.69) is 5.32 Å². The molecular weight excluding hydrogens is 313 g/mol. The predicted octanol–water partition coefficient (Wildman–Crippen LogP) is 1.92. The zero-order valence-corrected chi connectivity index (χ0v) is 13.3. The zero-order chi connectivity index (χ0) is 15.5. The molecule has 1 saturated heterocycles. The first-order valence-electron chi connectivity index (χ1n) is 6.72. The molecule has 0 unspecified atom stereocenters. The summed E-state index contributed by atoms with van der Waals surface area (Å²) in [4.78, 5) is 11.8. The van der Waals surface area contributed by atoms with E-state index in [9.17, 15) is 17.6 Å². The third kappa shape index (κ3) is 5.00. The van der Waals surface area contributed by atoms with Gasteiger partial charge in [0, 0.05) is 11.3 Å². The summed E-state index contributed by atoms with van der Waals surface area (Å²) in [6.45, 7) is 1.95. The van der Waals surface area contributed by atoms with Gasteiger partial charge in [0.1, 0.15) is 5.82 Å². The third-order valence-electron chi connectivity index (χ3n) is 3.40. The number of hydrogen-bond donors (Lipinski definition) is 1. The maximum Gasteiger partial charge on any atom is 0.230 e. The van der Waals surface area contributed by atoms with Crippen molar-refractivity contribution in [3.63, 3.8) is 0 Å². The fraction of sp³-hybridized carbons (Fsp3) is 0.500. The van der Waals surface area contributed by atoms with Gasteiger partial charge in [-0.1, -0.05) is 12.1 Å². The van der Waals surface area contributed by atoms with Crippen LogP contribution in [-0.2, 0) is 14.6 Å². The molecule has 4 nitrogen and oxygen atoms in total. The molecule has 0 bridgehead atoms. The Morgan fingerprint density at radius 2 is 2.10 bits per heavy atom. The van der Waals surface area contributed by atoms with E-state index in [1.54, 1.807) is 12.1 Å². The van der Waals surface area contributed by atoms with Crippen LogP contribution in [0.1, 0.15) is 24.2 Å². The van der Waals surface area contributed by atoms with Crippen LogP contribution < -0.4 is 5.32 Å². The number of hydrogen-bond acceptors (Lipinski definition) is 4. The van der Waals surface area contributed by atoms with Crippen LogP contribution in [0.15, 0.2) is 24.3 Å². The SMILES string of the molecule is C[C@H](SCC(=O)N[C@@H]1CCS(=O)(=O)C1)c1ccc(F)cc1. The van der Waals surface area contributed by atoms with Gasteiger partial charge in [0.15, 0.2) is 9.84 Å². The number of benzene rings is 1. The molecule has 1 N–H and O–H groups in total. The molecule has 1 heterocycles. The van der Waals surface area contributed by atoms with Gasteiger partial charge >= 0.3 is 0 Å². The Morgan fingerprint density at radius 3 is 2.67 bits per heavy atom.